The van der Waals surface area contributed by atoms with E-state index >= 15 is 0 Å². The summed E-state index contributed by atoms with van der Waals surface area (Å²) in [7, 11) is 0. The number of piperidine rings is 3. The van der Waals surface area contributed by atoms with Gasteiger partial charge in [0.05, 0.1) is 0 Å². The van der Waals surface area contributed by atoms with Gasteiger partial charge in [0.25, 0.3) is 0 Å². The van der Waals surface area contributed by atoms with E-state index in [1.807, 2.05) is 24.3 Å². The van der Waals surface area contributed by atoms with Gasteiger partial charge in [-0.25, -0.2) is 4.98 Å². The summed E-state index contributed by atoms with van der Waals surface area (Å²) in [6, 6.07) is 12.1. The zero-order valence-electron chi connectivity index (χ0n) is 16.7. The molecule has 4 nitrogen and oxygen atoms in total. The Bertz CT molecular complexity index is 986. The van der Waals surface area contributed by atoms with Crippen LogP contribution in [0.3, 0.4) is 0 Å². The van der Waals surface area contributed by atoms with E-state index in [0.29, 0.717) is 18.7 Å². The van der Waals surface area contributed by atoms with Crippen LogP contribution in [0.4, 0.5) is 0 Å². The lowest BCUT2D eigenvalue weighted by atomic mass is 9.75. The molecule has 0 saturated carbocycles. The molecule has 1 aromatic carbocycles. The van der Waals surface area contributed by atoms with Crippen LogP contribution in [0.15, 0.2) is 42.6 Å². The van der Waals surface area contributed by atoms with Crippen molar-refractivity contribution in [2.24, 2.45) is 5.92 Å². The van der Waals surface area contributed by atoms with Crippen molar-refractivity contribution in [2.45, 2.75) is 37.9 Å². The molecule has 148 valence electrons. The molecule has 0 spiro atoms. The summed E-state index contributed by atoms with van der Waals surface area (Å²) >= 11 is 0. The lowest BCUT2D eigenvalue weighted by Crippen LogP contribution is -2.58. The van der Waals surface area contributed by atoms with E-state index in [4.69, 9.17) is 0 Å². The van der Waals surface area contributed by atoms with E-state index in [1.165, 1.54) is 5.56 Å². The summed E-state index contributed by atoms with van der Waals surface area (Å²) in [6.07, 6.45) is 3.77. The molecule has 3 aliphatic heterocycles. The number of aromatic nitrogens is 1. The zero-order chi connectivity index (χ0) is 20.3. The second-order valence-electron chi connectivity index (χ2n) is 8.06. The van der Waals surface area contributed by atoms with Crippen LogP contribution < -0.4 is 0 Å². The number of fused-ring (bicyclic) bond motifs is 3. The Hall–Kier alpha value is -2.63. The largest absolute Gasteiger partial charge is 0.381 e. The van der Waals surface area contributed by atoms with Gasteiger partial charge in [-0.3, -0.25) is 4.90 Å². The van der Waals surface area contributed by atoms with Gasteiger partial charge in [-0.1, -0.05) is 48.1 Å². The molecule has 2 atom stereocenters. The molecule has 2 bridgehead atoms. The van der Waals surface area contributed by atoms with Crippen molar-refractivity contribution in [3.05, 3.63) is 65.0 Å². The smallest absolute Gasteiger partial charge is 0.141 e. The molecular formula is C25H26N2O2. The van der Waals surface area contributed by atoms with Gasteiger partial charge in [-0.2, -0.15) is 0 Å². The Kier molecular flexibility index (Phi) is 5.69. The van der Waals surface area contributed by atoms with Gasteiger partial charge in [0.2, 0.25) is 0 Å². The van der Waals surface area contributed by atoms with Crippen LogP contribution in [0.1, 0.15) is 42.1 Å². The normalized spacial score (nSPS) is 26.0. The van der Waals surface area contributed by atoms with Crippen LogP contribution in [0.2, 0.25) is 0 Å². The molecule has 2 aromatic rings. The molecule has 2 N–H and O–H groups in total. The number of aliphatic hydroxyl groups excluding tert-OH is 1. The molecule has 3 fully saturated rings. The van der Waals surface area contributed by atoms with E-state index in [1.54, 1.807) is 13.1 Å². The third-order valence-corrected chi connectivity index (χ3v) is 5.78. The van der Waals surface area contributed by atoms with Gasteiger partial charge in [-0.05, 0) is 62.4 Å². The highest BCUT2D eigenvalue weighted by molar-refractivity contribution is 5.47. The van der Waals surface area contributed by atoms with E-state index in [0.717, 1.165) is 37.1 Å². The van der Waals surface area contributed by atoms with Crippen molar-refractivity contribution >= 4 is 0 Å². The molecule has 0 amide bonds. The maximum absolute atomic E-state index is 11.1. The summed E-state index contributed by atoms with van der Waals surface area (Å²) in [5, 5.41) is 20.5. The predicted molar refractivity (Wildman–Crippen MR) is 113 cm³/mol. The first-order valence-corrected chi connectivity index (χ1v) is 10.2. The first-order valence-electron chi connectivity index (χ1n) is 10.2. The summed E-state index contributed by atoms with van der Waals surface area (Å²) in [6.45, 7) is 4.38. The summed E-state index contributed by atoms with van der Waals surface area (Å²) in [5.41, 5.74) is 2.70. The van der Waals surface area contributed by atoms with Gasteiger partial charge >= 0.3 is 0 Å². The number of rotatable bonds is 2. The summed E-state index contributed by atoms with van der Waals surface area (Å²) < 4.78 is 0. The van der Waals surface area contributed by atoms with Crippen LogP contribution in [0.5, 0.6) is 0 Å². The van der Waals surface area contributed by atoms with Gasteiger partial charge in [0.15, 0.2) is 0 Å². The minimum absolute atomic E-state index is 0.252. The standard InChI is InChI=1S/C25H26N2O2/c1-19(28)7-8-24-16-22(15-20-5-3-2-4-6-20)21(17-26-24)9-12-25(29)18-27-13-10-23(25)11-14-27/h2-6,16-17,19,23,28-29H,10-11,13-15,18H2,1H3. The molecule has 5 rings (SSSR count). The lowest BCUT2D eigenvalue weighted by molar-refractivity contribution is -0.0713. The first kappa shape index (κ1) is 19.7. The maximum atomic E-state index is 11.1. The monoisotopic (exact) mass is 386 g/mol. The van der Waals surface area contributed by atoms with Crippen LogP contribution in [-0.2, 0) is 6.42 Å². The molecule has 2 unspecified atom stereocenters. The number of benzene rings is 1. The molecule has 0 radical (unpaired) electrons. The third kappa shape index (κ3) is 4.69. The number of pyridine rings is 1. The molecule has 0 aliphatic carbocycles. The van der Waals surface area contributed by atoms with Crippen LogP contribution in [0, 0.1) is 29.6 Å². The van der Waals surface area contributed by atoms with Crippen molar-refractivity contribution in [3.8, 4) is 23.7 Å². The Morgan fingerprint density at radius 1 is 1.21 bits per heavy atom. The van der Waals surface area contributed by atoms with Gasteiger partial charge < -0.3 is 10.2 Å². The number of hydrogen-bond donors (Lipinski definition) is 2. The second kappa shape index (κ2) is 8.39. The summed E-state index contributed by atoms with van der Waals surface area (Å²) in [4.78, 5) is 6.71. The Balaban J connectivity index is 1.66. The SMILES string of the molecule is CC(O)C#Cc1cc(Cc2ccccc2)c(C#CC2(O)CN3CCC2CC3)cn1. The molecule has 29 heavy (non-hydrogen) atoms. The number of hydrogen-bond acceptors (Lipinski definition) is 4. The molecular weight excluding hydrogens is 360 g/mol. The van der Waals surface area contributed by atoms with Gasteiger partial charge in [0.1, 0.15) is 17.4 Å². The summed E-state index contributed by atoms with van der Waals surface area (Å²) in [5.74, 6) is 12.3. The third-order valence-electron chi connectivity index (χ3n) is 5.78. The van der Waals surface area contributed by atoms with E-state index in [-0.39, 0.29) is 5.92 Å². The van der Waals surface area contributed by atoms with Crippen molar-refractivity contribution in [1.29, 1.82) is 0 Å². The van der Waals surface area contributed by atoms with Crippen LogP contribution >= 0.6 is 0 Å². The predicted octanol–water partition coefficient (Wildman–Crippen LogP) is 2.21. The highest BCUT2D eigenvalue weighted by Crippen LogP contribution is 2.35. The quantitative estimate of drug-likeness (QED) is 0.777. The van der Waals surface area contributed by atoms with E-state index in [9.17, 15) is 10.2 Å². The van der Waals surface area contributed by atoms with E-state index < -0.39 is 11.7 Å². The molecule has 4 heterocycles. The van der Waals surface area contributed by atoms with Crippen LogP contribution in [0.25, 0.3) is 0 Å². The maximum Gasteiger partial charge on any atom is 0.141 e. The molecule has 3 saturated heterocycles. The van der Waals surface area contributed by atoms with Gasteiger partial charge in [-0.15, -0.1) is 0 Å². The Morgan fingerprint density at radius 3 is 2.62 bits per heavy atom. The second-order valence-corrected chi connectivity index (χ2v) is 8.06. The first-order chi connectivity index (χ1) is 14.0. The van der Waals surface area contributed by atoms with E-state index in [2.05, 4.69) is 45.7 Å². The van der Waals surface area contributed by atoms with Crippen molar-refractivity contribution in [2.75, 3.05) is 19.6 Å². The molecule has 3 aliphatic rings. The molecule has 4 heteroatoms. The van der Waals surface area contributed by atoms with Crippen molar-refractivity contribution in [3.63, 3.8) is 0 Å². The van der Waals surface area contributed by atoms with Crippen molar-refractivity contribution in [1.82, 2.24) is 9.88 Å². The Labute approximate surface area is 172 Å². The fourth-order valence-corrected chi connectivity index (χ4v) is 4.17. The van der Waals surface area contributed by atoms with Crippen molar-refractivity contribution < 1.29 is 10.2 Å². The zero-order valence-corrected chi connectivity index (χ0v) is 16.7. The minimum Gasteiger partial charge on any atom is -0.381 e. The Morgan fingerprint density at radius 2 is 1.97 bits per heavy atom. The highest BCUT2D eigenvalue weighted by Gasteiger charge is 2.44. The number of nitrogens with zero attached hydrogens (tertiary/aromatic N) is 2. The lowest BCUT2D eigenvalue weighted by Gasteiger charge is -2.47. The van der Waals surface area contributed by atoms with Crippen LogP contribution in [-0.4, -0.2) is 51.4 Å². The highest BCUT2D eigenvalue weighted by atomic mass is 16.3. The van der Waals surface area contributed by atoms with Gasteiger partial charge in [0, 0.05) is 24.2 Å². The minimum atomic E-state index is -0.939. The number of aliphatic hydroxyl groups is 2. The molecule has 1 aromatic heterocycles. The topological polar surface area (TPSA) is 56.6 Å². The average Bonchev–Trinajstić information content (AvgIpc) is 2.73. The average molecular weight is 386 g/mol. The fraction of sp³-hybridized carbons (Fsp3) is 0.400. The fourth-order valence-electron chi connectivity index (χ4n) is 4.17.